The molecule has 0 atom stereocenters. The first kappa shape index (κ1) is 37.1. The normalized spacial score (nSPS) is 12.8. The van der Waals surface area contributed by atoms with Gasteiger partial charge in [0, 0.05) is 24.0 Å². The standard InChI is InChI=1S/C51H49N/c1-6-10-14-21-41-24-19-27-47(37-41)50-35-32-46(39-51(50)45-25-17-13-18-26-45)44-30-33-48(34-31-44)52(36-20-28-43(9-4)40(5)8-3)49(29-11-7-2)38-42-22-15-12-16-23-42/h6-37,39H,4,38H2,1-3,5H3/b10-6-,11-7-,21-14-,36-20+,40-8+,43-28+,49-29+. The zero-order valence-corrected chi connectivity index (χ0v) is 30.9. The molecule has 5 aromatic carbocycles. The molecule has 0 bridgehead atoms. The van der Waals surface area contributed by atoms with Crippen LogP contribution in [0.15, 0.2) is 218 Å². The van der Waals surface area contributed by atoms with Crippen molar-refractivity contribution in [2.24, 2.45) is 0 Å². The summed E-state index contributed by atoms with van der Waals surface area (Å²) in [6.07, 6.45) is 25.9. The molecule has 5 aromatic rings. The highest BCUT2D eigenvalue weighted by atomic mass is 15.1. The van der Waals surface area contributed by atoms with Gasteiger partial charge in [-0.1, -0.05) is 164 Å². The van der Waals surface area contributed by atoms with E-state index >= 15 is 0 Å². The fraction of sp³-hybridized carbons (Fsp3) is 0.0980. The van der Waals surface area contributed by atoms with Crippen LogP contribution >= 0.6 is 0 Å². The zero-order valence-electron chi connectivity index (χ0n) is 30.9. The van der Waals surface area contributed by atoms with E-state index in [1.54, 1.807) is 0 Å². The van der Waals surface area contributed by atoms with Gasteiger partial charge in [0.25, 0.3) is 0 Å². The van der Waals surface area contributed by atoms with E-state index in [0.717, 1.165) is 17.7 Å². The maximum absolute atomic E-state index is 4.04. The Bertz CT molecular complexity index is 2130. The lowest BCUT2D eigenvalue weighted by atomic mass is 9.90. The van der Waals surface area contributed by atoms with Crippen molar-refractivity contribution >= 4 is 11.8 Å². The molecule has 1 nitrogen and oxygen atoms in total. The third-order valence-corrected chi connectivity index (χ3v) is 9.01. The molecule has 0 N–H and O–H groups in total. The number of hydrogen-bond donors (Lipinski definition) is 0. The molecule has 0 saturated heterocycles. The number of benzene rings is 5. The molecule has 0 spiro atoms. The van der Waals surface area contributed by atoms with Gasteiger partial charge in [0.2, 0.25) is 0 Å². The Kier molecular flexibility index (Phi) is 13.7. The highest BCUT2D eigenvalue weighted by Gasteiger charge is 2.13. The Balaban J connectivity index is 1.56. The van der Waals surface area contributed by atoms with E-state index < -0.39 is 0 Å². The monoisotopic (exact) mass is 675 g/mol. The Hall–Kier alpha value is -6.18. The quantitative estimate of drug-likeness (QED) is 0.106. The van der Waals surface area contributed by atoms with Crippen molar-refractivity contribution in [2.75, 3.05) is 4.90 Å². The second kappa shape index (κ2) is 19.3. The van der Waals surface area contributed by atoms with Gasteiger partial charge >= 0.3 is 0 Å². The summed E-state index contributed by atoms with van der Waals surface area (Å²) < 4.78 is 0. The Morgan fingerprint density at radius 2 is 1.29 bits per heavy atom. The van der Waals surface area contributed by atoms with E-state index in [1.807, 2.05) is 19.1 Å². The van der Waals surface area contributed by atoms with Crippen LogP contribution in [0.2, 0.25) is 0 Å². The summed E-state index contributed by atoms with van der Waals surface area (Å²) >= 11 is 0. The van der Waals surface area contributed by atoms with E-state index in [9.17, 15) is 0 Å². The van der Waals surface area contributed by atoms with Crippen LogP contribution in [0.25, 0.3) is 39.5 Å². The van der Waals surface area contributed by atoms with Gasteiger partial charge in [-0.15, -0.1) is 0 Å². The predicted octanol–water partition coefficient (Wildman–Crippen LogP) is 14.4. The third-order valence-electron chi connectivity index (χ3n) is 9.01. The molecular formula is C51H49N. The molecule has 0 aliphatic rings. The topological polar surface area (TPSA) is 3.24 Å². The number of hydrogen-bond acceptors (Lipinski definition) is 1. The number of allylic oxidation sites excluding steroid dienone is 13. The average molecular weight is 676 g/mol. The number of nitrogens with zero attached hydrogens (tertiary/aromatic N) is 1. The minimum atomic E-state index is 0.789. The van der Waals surface area contributed by atoms with Crippen molar-refractivity contribution in [3.8, 4) is 33.4 Å². The van der Waals surface area contributed by atoms with Gasteiger partial charge in [-0.3, -0.25) is 0 Å². The van der Waals surface area contributed by atoms with E-state index in [-0.39, 0.29) is 0 Å². The SMILES string of the molecule is C=CC(=C\C=C\N(/C(=C/C=C\C)Cc1ccccc1)c1ccc(-c2ccc(-c3cccc(/C=C\C=C/C)c3)c(-c3ccccc3)c2)cc1)/C(C)=C/C. The summed E-state index contributed by atoms with van der Waals surface area (Å²) in [6.45, 7) is 12.3. The van der Waals surface area contributed by atoms with Gasteiger partial charge in [-0.05, 0) is 120 Å². The summed E-state index contributed by atoms with van der Waals surface area (Å²) in [7, 11) is 0. The van der Waals surface area contributed by atoms with Crippen LogP contribution in [0, 0.1) is 0 Å². The van der Waals surface area contributed by atoms with Crippen molar-refractivity contribution < 1.29 is 0 Å². The van der Waals surface area contributed by atoms with Crippen LogP contribution in [0.5, 0.6) is 0 Å². The molecule has 258 valence electrons. The largest absolute Gasteiger partial charge is 0.321 e. The number of rotatable bonds is 14. The first-order chi connectivity index (χ1) is 25.5. The third kappa shape index (κ3) is 9.96. The molecule has 0 fully saturated rings. The average Bonchev–Trinajstić information content (AvgIpc) is 3.20. The Morgan fingerprint density at radius 1 is 0.596 bits per heavy atom. The molecule has 1 heteroatoms. The minimum absolute atomic E-state index is 0.789. The van der Waals surface area contributed by atoms with E-state index in [0.29, 0.717) is 0 Å². The van der Waals surface area contributed by atoms with Crippen LogP contribution < -0.4 is 4.90 Å². The van der Waals surface area contributed by atoms with Crippen molar-refractivity contribution in [2.45, 2.75) is 34.1 Å². The summed E-state index contributed by atoms with van der Waals surface area (Å²) in [4.78, 5) is 2.29. The smallest absolute Gasteiger partial charge is 0.0452 e. The Labute approximate surface area is 312 Å². The second-order valence-electron chi connectivity index (χ2n) is 12.5. The molecular weight excluding hydrogens is 627 g/mol. The molecule has 0 saturated carbocycles. The van der Waals surface area contributed by atoms with Crippen molar-refractivity contribution in [1.29, 1.82) is 0 Å². The molecule has 0 amide bonds. The Morgan fingerprint density at radius 3 is 1.98 bits per heavy atom. The van der Waals surface area contributed by atoms with Crippen LogP contribution in [0.3, 0.4) is 0 Å². The first-order valence-corrected chi connectivity index (χ1v) is 18.0. The van der Waals surface area contributed by atoms with Crippen LogP contribution in [0.1, 0.15) is 38.8 Å². The molecule has 5 rings (SSSR count). The van der Waals surface area contributed by atoms with E-state index in [4.69, 9.17) is 0 Å². The van der Waals surface area contributed by atoms with Crippen molar-refractivity contribution in [3.63, 3.8) is 0 Å². The molecule has 52 heavy (non-hydrogen) atoms. The van der Waals surface area contributed by atoms with Crippen LogP contribution in [-0.4, -0.2) is 0 Å². The molecule has 0 radical (unpaired) electrons. The lowest BCUT2D eigenvalue weighted by molar-refractivity contribution is 1.04. The van der Waals surface area contributed by atoms with Gasteiger partial charge in [-0.2, -0.15) is 0 Å². The second-order valence-corrected chi connectivity index (χ2v) is 12.5. The summed E-state index contributed by atoms with van der Waals surface area (Å²) in [5, 5.41) is 0. The molecule has 0 aromatic heterocycles. The van der Waals surface area contributed by atoms with Gasteiger partial charge < -0.3 is 4.90 Å². The van der Waals surface area contributed by atoms with Crippen LogP contribution in [0.4, 0.5) is 5.69 Å². The predicted molar refractivity (Wildman–Crippen MR) is 229 cm³/mol. The lowest BCUT2D eigenvalue weighted by Crippen LogP contribution is -2.17. The summed E-state index contributed by atoms with van der Waals surface area (Å²) in [5.74, 6) is 0. The van der Waals surface area contributed by atoms with Gasteiger partial charge in [-0.25, -0.2) is 0 Å². The molecule has 0 unspecified atom stereocenters. The minimum Gasteiger partial charge on any atom is -0.321 e. The number of anilines is 1. The van der Waals surface area contributed by atoms with Gasteiger partial charge in [0.1, 0.15) is 0 Å². The molecule has 0 aliphatic heterocycles. The first-order valence-electron chi connectivity index (χ1n) is 18.0. The van der Waals surface area contributed by atoms with E-state index in [1.165, 1.54) is 55.8 Å². The molecule has 0 aliphatic carbocycles. The van der Waals surface area contributed by atoms with Crippen molar-refractivity contribution in [3.05, 3.63) is 229 Å². The van der Waals surface area contributed by atoms with E-state index in [2.05, 4.69) is 221 Å². The lowest BCUT2D eigenvalue weighted by Gasteiger charge is -2.25. The van der Waals surface area contributed by atoms with Crippen molar-refractivity contribution in [1.82, 2.24) is 0 Å². The molecule has 0 heterocycles. The van der Waals surface area contributed by atoms with Crippen LogP contribution in [-0.2, 0) is 6.42 Å². The maximum Gasteiger partial charge on any atom is 0.0452 e. The van der Waals surface area contributed by atoms with Gasteiger partial charge in [0.05, 0.1) is 0 Å². The van der Waals surface area contributed by atoms with Gasteiger partial charge in [0.15, 0.2) is 0 Å². The maximum atomic E-state index is 4.04. The summed E-state index contributed by atoms with van der Waals surface area (Å²) in [5.41, 5.74) is 14.1. The zero-order chi connectivity index (χ0) is 36.5. The highest BCUT2D eigenvalue weighted by molar-refractivity contribution is 5.88. The summed E-state index contributed by atoms with van der Waals surface area (Å²) in [6, 6.07) is 45.8. The fourth-order valence-electron chi connectivity index (χ4n) is 6.08. The fourth-order valence-corrected chi connectivity index (χ4v) is 6.08. The highest BCUT2D eigenvalue weighted by Crippen LogP contribution is 2.37.